The molecule has 0 unspecified atom stereocenters. The lowest BCUT2D eigenvalue weighted by Gasteiger charge is -2.03. The zero-order chi connectivity index (χ0) is 12.6. The highest BCUT2D eigenvalue weighted by Crippen LogP contribution is 2.06. The first-order chi connectivity index (χ1) is 8.17. The fourth-order valence-electron chi connectivity index (χ4n) is 1.16. The van der Waals surface area contributed by atoms with Gasteiger partial charge >= 0.3 is 0 Å². The fourth-order valence-corrected chi connectivity index (χ4v) is 2.16. The standard InChI is InChI=1S/C12H15NO3S/c14-11-7-2-1-6-10-13-17(15,16)12-8-4-3-5-9-12/h1,3-9,11,13-14H,2,10H2. The first-order valence-corrected chi connectivity index (χ1v) is 6.64. The molecule has 17 heavy (non-hydrogen) atoms. The van der Waals surface area contributed by atoms with Gasteiger partial charge in [0, 0.05) is 6.54 Å². The van der Waals surface area contributed by atoms with Crippen molar-refractivity contribution in [3.05, 3.63) is 54.8 Å². The van der Waals surface area contributed by atoms with Crippen molar-refractivity contribution in [1.82, 2.24) is 4.72 Å². The van der Waals surface area contributed by atoms with Crippen molar-refractivity contribution >= 4 is 10.0 Å². The third-order valence-electron chi connectivity index (χ3n) is 1.99. The van der Waals surface area contributed by atoms with E-state index in [2.05, 4.69) is 4.72 Å². The molecule has 92 valence electrons. The first kappa shape index (κ1) is 13.5. The largest absolute Gasteiger partial charge is 0.516 e. The van der Waals surface area contributed by atoms with E-state index in [0.717, 1.165) is 6.26 Å². The Morgan fingerprint density at radius 2 is 1.82 bits per heavy atom. The van der Waals surface area contributed by atoms with Gasteiger partial charge in [0.2, 0.25) is 10.0 Å². The molecule has 0 heterocycles. The molecule has 0 aliphatic heterocycles. The number of allylic oxidation sites excluding steroid dienone is 2. The molecule has 1 aromatic rings. The van der Waals surface area contributed by atoms with Gasteiger partial charge in [0.1, 0.15) is 0 Å². The van der Waals surface area contributed by atoms with E-state index in [1.807, 2.05) is 0 Å². The number of benzene rings is 1. The van der Waals surface area contributed by atoms with Crippen molar-refractivity contribution in [2.75, 3.05) is 6.54 Å². The number of rotatable bonds is 6. The second-order valence-electron chi connectivity index (χ2n) is 3.26. The molecule has 0 saturated heterocycles. The molecular formula is C12H15NO3S. The predicted octanol–water partition coefficient (Wildman–Crippen LogP) is 1.98. The summed E-state index contributed by atoms with van der Waals surface area (Å²) < 4.78 is 25.9. The van der Waals surface area contributed by atoms with Gasteiger partial charge in [0.25, 0.3) is 0 Å². The molecule has 0 bridgehead atoms. The van der Waals surface area contributed by atoms with Crippen molar-refractivity contribution in [1.29, 1.82) is 0 Å². The van der Waals surface area contributed by atoms with Gasteiger partial charge in [-0.15, -0.1) is 0 Å². The van der Waals surface area contributed by atoms with Crippen LogP contribution in [-0.2, 0) is 10.0 Å². The Kier molecular flexibility index (Phi) is 5.45. The van der Waals surface area contributed by atoms with Crippen molar-refractivity contribution in [3.63, 3.8) is 0 Å². The van der Waals surface area contributed by atoms with Crippen LogP contribution in [0.15, 0.2) is 59.7 Å². The summed E-state index contributed by atoms with van der Waals surface area (Å²) in [5.41, 5.74) is 0. The van der Waals surface area contributed by atoms with Crippen LogP contribution in [0.5, 0.6) is 0 Å². The summed E-state index contributed by atoms with van der Waals surface area (Å²) in [6, 6.07) is 8.20. The van der Waals surface area contributed by atoms with Crippen LogP contribution in [0.4, 0.5) is 0 Å². The Hall–Kier alpha value is -1.59. The molecular weight excluding hydrogens is 238 g/mol. The molecule has 5 heteroatoms. The molecule has 0 radical (unpaired) electrons. The van der Waals surface area contributed by atoms with Crippen molar-refractivity contribution in [2.24, 2.45) is 0 Å². The highest BCUT2D eigenvalue weighted by atomic mass is 32.2. The minimum Gasteiger partial charge on any atom is -0.516 e. The number of hydrogen-bond donors (Lipinski definition) is 2. The monoisotopic (exact) mass is 253 g/mol. The van der Waals surface area contributed by atoms with Gasteiger partial charge < -0.3 is 5.11 Å². The third kappa shape index (κ3) is 4.84. The van der Waals surface area contributed by atoms with E-state index in [0.29, 0.717) is 6.42 Å². The number of sulfonamides is 1. The lowest BCUT2D eigenvalue weighted by molar-refractivity contribution is 0.471. The van der Waals surface area contributed by atoms with Gasteiger partial charge in [-0.2, -0.15) is 0 Å². The summed E-state index contributed by atoms with van der Waals surface area (Å²) in [6.07, 6.45) is 6.55. The summed E-state index contributed by atoms with van der Waals surface area (Å²) in [5, 5.41) is 8.37. The molecule has 2 N–H and O–H groups in total. The summed E-state index contributed by atoms with van der Waals surface area (Å²) >= 11 is 0. The van der Waals surface area contributed by atoms with Crippen LogP contribution >= 0.6 is 0 Å². The third-order valence-corrected chi connectivity index (χ3v) is 3.43. The zero-order valence-corrected chi connectivity index (χ0v) is 10.1. The minimum absolute atomic E-state index is 0.233. The Bertz CT molecular complexity index is 478. The molecule has 0 saturated carbocycles. The summed E-state index contributed by atoms with van der Waals surface area (Å²) in [6.45, 7) is 0.233. The van der Waals surface area contributed by atoms with Crippen LogP contribution in [0.1, 0.15) is 6.42 Å². The normalized spacial score (nSPS) is 12.5. The smallest absolute Gasteiger partial charge is 0.240 e. The van der Waals surface area contributed by atoms with Gasteiger partial charge in [0.05, 0.1) is 11.2 Å². The van der Waals surface area contributed by atoms with Crippen LogP contribution in [0.3, 0.4) is 0 Å². The van der Waals surface area contributed by atoms with Crippen LogP contribution in [0.2, 0.25) is 0 Å². The maximum atomic E-state index is 11.7. The van der Waals surface area contributed by atoms with Gasteiger partial charge in [-0.1, -0.05) is 30.4 Å². The number of aliphatic hydroxyl groups excluding tert-OH is 1. The summed E-state index contributed by atoms with van der Waals surface area (Å²) in [4.78, 5) is 0.253. The lowest BCUT2D eigenvalue weighted by atomic mass is 10.4. The first-order valence-electron chi connectivity index (χ1n) is 5.16. The number of hydrogen-bond acceptors (Lipinski definition) is 3. The quantitative estimate of drug-likeness (QED) is 0.602. The molecule has 0 spiro atoms. The zero-order valence-electron chi connectivity index (χ0n) is 9.28. The van der Waals surface area contributed by atoms with Crippen LogP contribution in [-0.4, -0.2) is 20.1 Å². The lowest BCUT2D eigenvalue weighted by Crippen LogP contribution is -2.23. The second kappa shape index (κ2) is 6.88. The fraction of sp³-hybridized carbons (Fsp3) is 0.167. The van der Waals surface area contributed by atoms with Crippen LogP contribution < -0.4 is 4.72 Å². The highest BCUT2D eigenvalue weighted by molar-refractivity contribution is 7.89. The summed E-state index contributed by atoms with van der Waals surface area (Å²) in [5.74, 6) is 0. The van der Waals surface area contributed by atoms with E-state index in [4.69, 9.17) is 5.11 Å². The van der Waals surface area contributed by atoms with E-state index in [9.17, 15) is 8.42 Å². The van der Waals surface area contributed by atoms with Crippen molar-refractivity contribution < 1.29 is 13.5 Å². The predicted molar refractivity (Wildman–Crippen MR) is 67.2 cm³/mol. The van der Waals surface area contributed by atoms with Gasteiger partial charge in [0.15, 0.2) is 0 Å². The SMILES string of the molecule is O=S(=O)(NCC=CCC=CO)c1ccccc1. The topological polar surface area (TPSA) is 66.4 Å². The maximum Gasteiger partial charge on any atom is 0.240 e. The minimum atomic E-state index is -3.42. The molecule has 0 atom stereocenters. The number of aliphatic hydroxyl groups is 1. The summed E-state index contributed by atoms with van der Waals surface area (Å²) in [7, 11) is -3.42. The maximum absolute atomic E-state index is 11.7. The van der Waals surface area contributed by atoms with Gasteiger partial charge in [-0.25, -0.2) is 13.1 Å². The molecule has 0 aliphatic carbocycles. The Balaban J connectivity index is 2.49. The Labute approximate surface area is 101 Å². The number of nitrogens with one attached hydrogen (secondary N) is 1. The average molecular weight is 253 g/mol. The molecule has 0 amide bonds. The van der Waals surface area contributed by atoms with Crippen LogP contribution in [0, 0.1) is 0 Å². The Morgan fingerprint density at radius 3 is 2.47 bits per heavy atom. The molecule has 0 aliphatic rings. The van der Waals surface area contributed by atoms with Crippen molar-refractivity contribution in [2.45, 2.75) is 11.3 Å². The second-order valence-corrected chi connectivity index (χ2v) is 5.02. The van der Waals surface area contributed by atoms with E-state index in [-0.39, 0.29) is 11.4 Å². The van der Waals surface area contributed by atoms with Gasteiger partial charge in [-0.05, 0) is 24.6 Å². The van der Waals surface area contributed by atoms with E-state index in [1.54, 1.807) is 48.6 Å². The highest BCUT2D eigenvalue weighted by Gasteiger charge is 2.10. The molecule has 0 aromatic heterocycles. The van der Waals surface area contributed by atoms with Crippen LogP contribution in [0.25, 0.3) is 0 Å². The van der Waals surface area contributed by atoms with E-state index < -0.39 is 10.0 Å². The molecule has 1 rings (SSSR count). The molecule has 4 nitrogen and oxygen atoms in total. The van der Waals surface area contributed by atoms with Gasteiger partial charge in [-0.3, -0.25) is 0 Å². The average Bonchev–Trinajstić information content (AvgIpc) is 2.35. The van der Waals surface area contributed by atoms with E-state index in [1.165, 1.54) is 0 Å². The molecule has 0 fully saturated rings. The molecule has 1 aromatic carbocycles. The van der Waals surface area contributed by atoms with Crippen molar-refractivity contribution in [3.8, 4) is 0 Å². The van der Waals surface area contributed by atoms with E-state index >= 15 is 0 Å². The Morgan fingerprint density at radius 1 is 1.12 bits per heavy atom.